The zero-order chi connectivity index (χ0) is 16.5. The molecule has 2 heterocycles. The van der Waals surface area contributed by atoms with E-state index >= 15 is 0 Å². The zero-order valence-electron chi connectivity index (χ0n) is 14.1. The van der Waals surface area contributed by atoms with Crippen LogP contribution in [0, 0.1) is 5.92 Å². The van der Waals surface area contributed by atoms with Crippen LogP contribution in [0.15, 0.2) is 33.1 Å². The van der Waals surface area contributed by atoms with Crippen LogP contribution in [0.2, 0.25) is 0 Å². The Morgan fingerprint density at radius 2 is 2.26 bits per heavy atom. The molecule has 0 saturated carbocycles. The molecule has 0 fully saturated rings. The maximum Gasteiger partial charge on any atom is 0.191 e. The van der Waals surface area contributed by atoms with Crippen LogP contribution in [0.3, 0.4) is 0 Å². The summed E-state index contributed by atoms with van der Waals surface area (Å²) in [5.74, 6) is 2.17. The van der Waals surface area contributed by atoms with Crippen LogP contribution < -0.4 is 10.6 Å². The molecule has 0 aromatic carbocycles. The van der Waals surface area contributed by atoms with E-state index in [9.17, 15) is 0 Å². The van der Waals surface area contributed by atoms with Crippen molar-refractivity contribution >= 4 is 17.3 Å². The van der Waals surface area contributed by atoms with Gasteiger partial charge in [0.2, 0.25) is 0 Å². The summed E-state index contributed by atoms with van der Waals surface area (Å²) in [5.41, 5.74) is 0.970. The van der Waals surface area contributed by atoms with Gasteiger partial charge in [-0.05, 0) is 37.1 Å². The summed E-state index contributed by atoms with van der Waals surface area (Å²) in [6, 6.07) is 6.26. The van der Waals surface area contributed by atoms with Gasteiger partial charge in [-0.1, -0.05) is 25.1 Å². The number of aryl methyl sites for hydroxylation is 1. The second-order valence-corrected chi connectivity index (χ2v) is 6.64. The summed E-state index contributed by atoms with van der Waals surface area (Å²) in [6.45, 7) is 8.60. The minimum atomic E-state index is 0.502. The topological polar surface area (TPSA) is 62.5 Å². The van der Waals surface area contributed by atoms with E-state index in [1.807, 2.05) is 17.4 Å². The van der Waals surface area contributed by atoms with E-state index < -0.39 is 0 Å². The third kappa shape index (κ3) is 6.06. The number of hydrogen-bond donors (Lipinski definition) is 2. The van der Waals surface area contributed by atoms with Gasteiger partial charge in [0.25, 0.3) is 0 Å². The lowest BCUT2D eigenvalue weighted by atomic mass is 10.1. The van der Waals surface area contributed by atoms with E-state index in [0.717, 1.165) is 43.3 Å². The number of hydrogen-bond acceptors (Lipinski definition) is 4. The molecule has 0 bridgehead atoms. The zero-order valence-corrected chi connectivity index (χ0v) is 14.9. The average Bonchev–Trinajstić information content (AvgIpc) is 3.21. The molecule has 2 aromatic rings. The summed E-state index contributed by atoms with van der Waals surface area (Å²) in [6.07, 6.45) is 1.97. The molecule has 2 N–H and O–H groups in total. The van der Waals surface area contributed by atoms with Gasteiger partial charge in [-0.15, -0.1) is 11.3 Å². The third-order valence-electron chi connectivity index (χ3n) is 3.45. The first kappa shape index (κ1) is 17.5. The van der Waals surface area contributed by atoms with Crippen molar-refractivity contribution in [3.63, 3.8) is 0 Å². The van der Waals surface area contributed by atoms with E-state index in [1.54, 1.807) is 0 Å². The lowest BCUT2D eigenvalue weighted by Gasteiger charge is -2.15. The Kier molecular flexibility index (Phi) is 7.13. The van der Waals surface area contributed by atoms with Crippen molar-refractivity contribution in [2.75, 3.05) is 13.1 Å². The van der Waals surface area contributed by atoms with Crippen molar-refractivity contribution in [3.05, 3.63) is 39.9 Å². The van der Waals surface area contributed by atoms with Crippen LogP contribution in [0.5, 0.6) is 0 Å². The molecule has 2 aromatic heterocycles. The number of thiophene rings is 1. The van der Waals surface area contributed by atoms with Crippen molar-refractivity contribution in [1.82, 2.24) is 15.8 Å². The molecule has 0 spiro atoms. The molecule has 126 valence electrons. The molecular weight excluding hydrogens is 308 g/mol. The van der Waals surface area contributed by atoms with Crippen molar-refractivity contribution in [3.8, 4) is 0 Å². The highest BCUT2D eigenvalue weighted by Crippen LogP contribution is 2.13. The molecule has 0 saturated heterocycles. The van der Waals surface area contributed by atoms with E-state index in [2.05, 4.69) is 59.1 Å². The first-order chi connectivity index (χ1) is 11.2. The molecule has 5 nitrogen and oxygen atoms in total. The van der Waals surface area contributed by atoms with Gasteiger partial charge in [-0.25, -0.2) is 4.99 Å². The Labute approximate surface area is 142 Å². The largest absolute Gasteiger partial charge is 0.359 e. The summed E-state index contributed by atoms with van der Waals surface area (Å²) in [4.78, 5) is 5.99. The van der Waals surface area contributed by atoms with Gasteiger partial charge in [0.05, 0.1) is 5.69 Å². The van der Waals surface area contributed by atoms with Gasteiger partial charge in [0, 0.05) is 24.0 Å². The van der Waals surface area contributed by atoms with Crippen molar-refractivity contribution in [1.29, 1.82) is 0 Å². The monoisotopic (exact) mass is 334 g/mol. The maximum absolute atomic E-state index is 5.27. The number of guanidine groups is 1. The van der Waals surface area contributed by atoms with Gasteiger partial charge in [-0.2, -0.15) is 0 Å². The van der Waals surface area contributed by atoms with Crippen molar-refractivity contribution in [2.24, 2.45) is 10.9 Å². The normalized spacial score (nSPS) is 13.1. The van der Waals surface area contributed by atoms with E-state index in [1.165, 1.54) is 4.88 Å². The van der Waals surface area contributed by atoms with E-state index in [-0.39, 0.29) is 0 Å². The average molecular weight is 334 g/mol. The minimum Gasteiger partial charge on any atom is -0.359 e. The SMILES string of the molecule is CCNC(=NCc1cc(CC)no1)NCC(C)Cc1cccs1. The van der Waals surface area contributed by atoms with Crippen LogP contribution in [0.4, 0.5) is 0 Å². The predicted octanol–water partition coefficient (Wildman–Crippen LogP) is 3.23. The molecule has 0 amide bonds. The minimum absolute atomic E-state index is 0.502. The van der Waals surface area contributed by atoms with Crippen LogP contribution in [-0.2, 0) is 19.4 Å². The Hall–Kier alpha value is -1.82. The Morgan fingerprint density at radius 3 is 2.91 bits per heavy atom. The fourth-order valence-electron chi connectivity index (χ4n) is 2.21. The fraction of sp³-hybridized carbons (Fsp3) is 0.529. The first-order valence-electron chi connectivity index (χ1n) is 8.20. The van der Waals surface area contributed by atoms with Gasteiger partial charge < -0.3 is 15.2 Å². The second kappa shape index (κ2) is 9.35. The van der Waals surface area contributed by atoms with E-state index in [0.29, 0.717) is 12.5 Å². The predicted molar refractivity (Wildman–Crippen MR) is 95.9 cm³/mol. The number of aliphatic imine (C=N–C) groups is 1. The van der Waals surface area contributed by atoms with Crippen LogP contribution in [-0.4, -0.2) is 24.2 Å². The maximum atomic E-state index is 5.27. The van der Waals surface area contributed by atoms with Gasteiger partial charge >= 0.3 is 0 Å². The molecule has 0 aliphatic rings. The molecule has 2 rings (SSSR count). The van der Waals surface area contributed by atoms with Gasteiger partial charge in [-0.3, -0.25) is 0 Å². The highest BCUT2D eigenvalue weighted by atomic mass is 32.1. The lowest BCUT2D eigenvalue weighted by Crippen LogP contribution is -2.39. The highest BCUT2D eigenvalue weighted by Gasteiger charge is 2.07. The van der Waals surface area contributed by atoms with Crippen molar-refractivity contribution < 1.29 is 4.52 Å². The van der Waals surface area contributed by atoms with Gasteiger partial charge in [0.1, 0.15) is 6.54 Å². The standard InChI is InChI=1S/C17H26N4OS/c1-4-14-10-15(22-21-14)12-20-17(18-5-2)19-11-13(3)9-16-7-6-8-23-16/h6-8,10,13H,4-5,9,11-12H2,1-3H3,(H2,18,19,20). The Balaban J connectivity index is 1.83. The van der Waals surface area contributed by atoms with Crippen LogP contribution >= 0.6 is 11.3 Å². The number of rotatable bonds is 8. The summed E-state index contributed by atoms with van der Waals surface area (Å²) in [5, 5.41) is 12.8. The molecule has 0 aliphatic carbocycles. The Morgan fingerprint density at radius 1 is 1.39 bits per heavy atom. The molecule has 1 unspecified atom stereocenters. The third-order valence-corrected chi connectivity index (χ3v) is 4.35. The second-order valence-electron chi connectivity index (χ2n) is 5.60. The van der Waals surface area contributed by atoms with Gasteiger partial charge in [0.15, 0.2) is 11.7 Å². The fourth-order valence-corrected chi connectivity index (χ4v) is 3.08. The number of aromatic nitrogens is 1. The summed E-state index contributed by atoms with van der Waals surface area (Å²) in [7, 11) is 0. The molecule has 6 heteroatoms. The smallest absolute Gasteiger partial charge is 0.191 e. The molecular formula is C17H26N4OS. The highest BCUT2D eigenvalue weighted by molar-refractivity contribution is 7.09. The van der Waals surface area contributed by atoms with E-state index in [4.69, 9.17) is 4.52 Å². The molecule has 0 aliphatic heterocycles. The quantitative estimate of drug-likeness (QED) is 0.575. The summed E-state index contributed by atoms with van der Waals surface area (Å²) < 4.78 is 5.27. The molecule has 1 atom stereocenters. The Bertz CT molecular complexity index is 592. The lowest BCUT2D eigenvalue weighted by molar-refractivity contribution is 0.379. The molecule has 0 radical (unpaired) electrons. The summed E-state index contributed by atoms with van der Waals surface area (Å²) >= 11 is 1.81. The van der Waals surface area contributed by atoms with Crippen LogP contribution in [0.25, 0.3) is 0 Å². The number of nitrogens with one attached hydrogen (secondary N) is 2. The van der Waals surface area contributed by atoms with Crippen LogP contribution in [0.1, 0.15) is 37.1 Å². The first-order valence-corrected chi connectivity index (χ1v) is 9.08. The number of nitrogens with zero attached hydrogens (tertiary/aromatic N) is 2. The van der Waals surface area contributed by atoms with Crippen molar-refractivity contribution in [2.45, 2.75) is 40.2 Å². The molecule has 23 heavy (non-hydrogen) atoms.